The highest BCUT2D eigenvalue weighted by atomic mass is 35.5. The first kappa shape index (κ1) is 13.6. The lowest BCUT2D eigenvalue weighted by Crippen LogP contribution is -2.37. The van der Waals surface area contributed by atoms with Crippen molar-refractivity contribution in [1.82, 2.24) is 4.90 Å². The average molecular weight is 297 g/mol. The molecule has 1 aliphatic heterocycles. The van der Waals surface area contributed by atoms with Gasteiger partial charge in [0.05, 0.1) is 11.8 Å². The SMILES string of the molecule is O=C(N1CCCC1)C1(C2=CCC(Cl)([N+](=O)[O-])C=C2)CC1. The molecular weight excluding hydrogens is 280 g/mol. The lowest BCUT2D eigenvalue weighted by atomic mass is 9.88. The molecule has 2 aliphatic carbocycles. The Labute approximate surface area is 122 Å². The highest BCUT2D eigenvalue weighted by molar-refractivity contribution is 6.24. The highest BCUT2D eigenvalue weighted by Crippen LogP contribution is 2.55. The van der Waals surface area contributed by atoms with Gasteiger partial charge in [0, 0.05) is 24.1 Å². The molecule has 1 heterocycles. The third-order valence-corrected chi connectivity index (χ3v) is 4.95. The second-order valence-corrected chi connectivity index (χ2v) is 6.51. The van der Waals surface area contributed by atoms with Crippen molar-refractivity contribution in [2.75, 3.05) is 13.1 Å². The number of carbonyl (C=O) groups is 1. The zero-order valence-corrected chi connectivity index (χ0v) is 11.9. The van der Waals surface area contributed by atoms with E-state index in [1.165, 1.54) is 6.08 Å². The number of allylic oxidation sites excluding steroid dienone is 1. The van der Waals surface area contributed by atoms with Crippen LogP contribution in [0.5, 0.6) is 0 Å². The van der Waals surface area contributed by atoms with Gasteiger partial charge >= 0.3 is 5.00 Å². The minimum absolute atomic E-state index is 0.141. The van der Waals surface area contributed by atoms with Gasteiger partial charge in [-0.3, -0.25) is 14.9 Å². The van der Waals surface area contributed by atoms with Gasteiger partial charge in [-0.05, 0) is 42.9 Å². The number of rotatable bonds is 3. The number of nitrogens with zero attached hydrogens (tertiary/aromatic N) is 2. The summed E-state index contributed by atoms with van der Waals surface area (Å²) in [4.78, 5) is 23.4. The number of alkyl halides is 1. The monoisotopic (exact) mass is 296 g/mol. The van der Waals surface area contributed by atoms with Crippen LogP contribution < -0.4 is 0 Å². The molecule has 1 unspecified atom stereocenters. The summed E-state index contributed by atoms with van der Waals surface area (Å²) in [5.74, 6) is 0.189. The summed E-state index contributed by atoms with van der Waals surface area (Å²) in [5.41, 5.74) is 0.489. The Bertz CT molecular complexity index is 519. The molecule has 0 radical (unpaired) electrons. The summed E-state index contributed by atoms with van der Waals surface area (Å²) >= 11 is 5.93. The van der Waals surface area contributed by atoms with Crippen LogP contribution in [0.1, 0.15) is 32.1 Å². The fourth-order valence-electron chi connectivity index (χ4n) is 3.07. The number of nitro groups is 1. The fourth-order valence-corrected chi connectivity index (χ4v) is 3.21. The molecule has 0 aromatic carbocycles. The van der Waals surface area contributed by atoms with E-state index in [9.17, 15) is 14.9 Å². The lowest BCUT2D eigenvalue weighted by molar-refractivity contribution is -0.527. The molecule has 5 nitrogen and oxygen atoms in total. The number of amides is 1. The minimum Gasteiger partial charge on any atom is -0.342 e. The molecule has 0 spiro atoms. The van der Waals surface area contributed by atoms with Crippen molar-refractivity contribution in [3.8, 4) is 0 Å². The van der Waals surface area contributed by atoms with Gasteiger partial charge < -0.3 is 4.90 Å². The molecule has 2 fully saturated rings. The molecule has 0 bridgehead atoms. The largest absolute Gasteiger partial charge is 0.342 e. The van der Waals surface area contributed by atoms with Crippen molar-refractivity contribution < 1.29 is 9.72 Å². The van der Waals surface area contributed by atoms with Crippen LogP contribution in [0.3, 0.4) is 0 Å². The standard InChI is InChI=1S/C14H17ClN2O3/c15-14(17(19)20)5-3-11(4-6-14)13(7-8-13)12(18)16-9-1-2-10-16/h3-5H,1-2,6-10H2. The molecule has 3 rings (SSSR count). The smallest absolute Gasteiger partial charge is 0.317 e. The Morgan fingerprint density at radius 1 is 1.35 bits per heavy atom. The summed E-state index contributed by atoms with van der Waals surface area (Å²) in [7, 11) is 0. The molecule has 1 saturated carbocycles. The number of hydrogen-bond acceptors (Lipinski definition) is 3. The Balaban J connectivity index is 1.77. The second-order valence-electron chi connectivity index (χ2n) is 5.85. The molecule has 1 saturated heterocycles. The van der Waals surface area contributed by atoms with Gasteiger partial charge in [-0.2, -0.15) is 0 Å². The zero-order valence-electron chi connectivity index (χ0n) is 11.2. The van der Waals surface area contributed by atoms with Crippen molar-refractivity contribution in [2.24, 2.45) is 5.41 Å². The molecular formula is C14H17ClN2O3. The van der Waals surface area contributed by atoms with E-state index in [0.29, 0.717) is 0 Å². The summed E-state index contributed by atoms with van der Waals surface area (Å²) < 4.78 is 0. The van der Waals surface area contributed by atoms with Crippen LogP contribution in [0.4, 0.5) is 0 Å². The van der Waals surface area contributed by atoms with Crippen molar-refractivity contribution >= 4 is 17.5 Å². The first-order chi connectivity index (χ1) is 9.48. The maximum Gasteiger partial charge on any atom is 0.317 e. The number of hydrogen-bond donors (Lipinski definition) is 0. The van der Waals surface area contributed by atoms with Gasteiger partial charge in [-0.15, -0.1) is 0 Å². The van der Waals surface area contributed by atoms with Crippen molar-refractivity contribution in [1.29, 1.82) is 0 Å². The van der Waals surface area contributed by atoms with E-state index in [2.05, 4.69) is 0 Å². The van der Waals surface area contributed by atoms with Crippen LogP contribution >= 0.6 is 11.6 Å². The van der Waals surface area contributed by atoms with Gasteiger partial charge in [-0.25, -0.2) is 0 Å². The molecule has 20 heavy (non-hydrogen) atoms. The normalized spacial score (nSPS) is 31.1. The van der Waals surface area contributed by atoms with Crippen LogP contribution in [0.2, 0.25) is 0 Å². The van der Waals surface area contributed by atoms with Crippen LogP contribution in [-0.4, -0.2) is 33.8 Å². The number of likely N-dealkylation sites (tertiary alicyclic amines) is 1. The summed E-state index contributed by atoms with van der Waals surface area (Å²) in [6.45, 7) is 1.68. The zero-order chi connectivity index (χ0) is 14.4. The van der Waals surface area contributed by atoms with E-state index in [1.807, 2.05) is 4.90 Å². The van der Waals surface area contributed by atoms with Gasteiger partial charge in [0.1, 0.15) is 0 Å². The molecule has 0 aromatic heterocycles. The van der Waals surface area contributed by atoms with Crippen molar-refractivity contribution in [3.05, 3.63) is 33.9 Å². The minimum atomic E-state index is -1.55. The quantitative estimate of drug-likeness (QED) is 0.348. The Morgan fingerprint density at radius 2 is 2.00 bits per heavy atom. The topological polar surface area (TPSA) is 63.5 Å². The van der Waals surface area contributed by atoms with Gasteiger partial charge in [-0.1, -0.05) is 12.2 Å². The second kappa shape index (κ2) is 4.58. The molecule has 1 amide bonds. The van der Waals surface area contributed by atoms with Gasteiger partial charge in [0.2, 0.25) is 5.91 Å². The fraction of sp³-hybridized carbons (Fsp3) is 0.643. The first-order valence-corrected chi connectivity index (χ1v) is 7.38. The van der Waals surface area contributed by atoms with E-state index in [4.69, 9.17) is 11.6 Å². The van der Waals surface area contributed by atoms with Gasteiger partial charge in [0.25, 0.3) is 0 Å². The average Bonchev–Trinajstić information content (AvgIpc) is 3.05. The predicted molar refractivity (Wildman–Crippen MR) is 74.9 cm³/mol. The Kier molecular flexibility index (Phi) is 3.12. The number of carbonyl (C=O) groups excluding carboxylic acids is 1. The molecule has 0 aromatic rings. The van der Waals surface area contributed by atoms with Crippen molar-refractivity contribution in [2.45, 2.75) is 37.1 Å². The third kappa shape index (κ3) is 2.04. The van der Waals surface area contributed by atoms with Crippen LogP contribution in [-0.2, 0) is 4.79 Å². The van der Waals surface area contributed by atoms with E-state index < -0.39 is 15.3 Å². The van der Waals surface area contributed by atoms with Gasteiger partial charge in [0.15, 0.2) is 0 Å². The van der Waals surface area contributed by atoms with Crippen LogP contribution in [0, 0.1) is 15.5 Å². The predicted octanol–water partition coefficient (Wildman–Crippen LogP) is 2.49. The molecule has 1 atom stereocenters. The maximum atomic E-state index is 12.6. The van der Waals surface area contributed by atoms with Crippen LogP contribution in [0.25, 0.3) is 0 Å². The van der Waals surface area contributed by atoms with E-state index >= 15 is 0 Å². The lowest BCUT2D eigenvalue weighted by Gasteiger charge is -2.26. The highest BCUT2D eigenvalue weighted by Gasteiger charge is 2.55. The van der Waals surface area contributed by atoms with E-state index in [0.717, 1.165) is 44.3 Å². The van der Waals surface area contributed by atoms with E-state index in [-0.39, 0.29) is 12.3 Å². The van der Waals surface area contributed by atoms with E-state index in [1.54, 1.807) is 12.2 Å². The summed E-state index contributed by atoms with van der Waals surface area (Å²) in [6.07, 6.45) is 8.84. The number of halogens is 1. The Hall–Kier alpha value is -1.36. The molecule has 108 valence electrons. The summed E-state index contributed by atoms with van der Waals surface area (Å²) in [6, 6.07) is 0. The first-order valence-electron chi connectivity index (χ1n) is 7.01. The third-order valence-electron chi connectivity index (χ3n) is 4.54. The van der Waals surface area contributed by atoms with Crippen LogP contribution in [0.15, 0.2) is 23.8 Å². The molecule has 0 N–H and O–H groups in total. The van der Waals surface area contributed by atoms with Crippen molar-refractivity contribution in [3.63, 3.8) is 0 Å². The summed E-state index contributed by atoms with van der Waals surface area (Å²) in [5, 5.41) is 10.9. The molecule has 3 aliphatic rings. The molecule has 6 heteroatoms. The Morgan fingerprint density at radius 3 is 2.45 bits per heavy atom. The maximum absolute atomic E-state index is 12.6.